The van der Waals surface area contributed by atoms with Crippen molar-refractivity contribution in [3.05, 3.63) is 59.7 Å². The topological polar surface area (TPSA) is 73.3 Å². The summed E-state index contributed by atoms with van der Waals surface area (Å²) in [6.45, 7) is 0. The average molecular weight is 373 g/mol. The summed E-state index contributed by atoms with van der Waals surface area (Å²) >= 11 is 1.25. The zero-order valence-electron chi connectivity index (χ0n) is 13.6. The molecular weight excluding hydrogens is 358 g/mol. The van der Waals surface area contributed by atoms with Gasteiger partial charge >= 0.3 is 5.97 Å². The molecule has 2 aromatic carbocycles. The molecule has 5 nitrogen and oxygen atoms in total. The smallest absolute Gasteiger partial charge is 0.367 e. The quantitative estimate of drug-likeness (QED) is 0.653. The van der Waals surface area contributed by atoms with Crippen molar-refractivity contribution in [3.8, 4) is 21.6 Å². The number of carbonyl (C=O) groups excluding carboxylic acids is 1. The van der Waals surface area contributed by atoms with Crippen molar-refractivity contribution < 1.29 is 17.9 Å². The van der Waals surface area contributed by atoms with E-state index in [2.05, 4.69) is 4.98 Å². The molecular formula is C18H15NO4S2. The Morgan fingerprint density at radius 2 is 1.68 bits per heavy atom. The molecule has 3 rings (SSSR count). The second kappa shape index (κ2) is 6.78. The highest BCUT2D eigenvalue weighted by Crippen LogP contribution is 2.35. The highest BCUT2D eigenvalue weighted by molar-refractivity contribution is 7.90. The van der Waals surface area contributed by atoms with E-state index in [0.717, 1.165) is 21.6 Å². The molecule has 0 radical (unpaired) electrons. The van der Waals surface area contributed by atoms with Gasteiger partial charge in [0.1, 0.15) is 0 Å². The monoisotopic (exact) mass is 373 g/mol. The number of carbonyl (C=O) groups is 1. The normalized spacial score (nSPS) is 11.3. The third kappa shape index (κ3) is 3.62. The van der Waals surface area contributed by atoms with Crippen LogP contribution in [-0.4, -0.2) is 32.7 Å². The number of esters is 1. The van der Waals surface area contributed by atoms with E-state index in [0.29, 0.717) is 5.01 Å². The van der Waals surface area contributed by atoms with Gasteiger partial charge in [-0.15, -0.1) is 11.3 Å². The summed E-state index contributed by atoms with van der Waals surface area (Å²) in [5, 5.41) is 0.291. The number of methoxy groups -OCH3 is 1. The first-order chi connectivity index (χ1) is 11.9. The van der Waals surface area contributed by atoms with Crippen molar-refractivity contribution in [2.75, 3.05) is 13.4 Å². The maximum atomic E-state index is 11.6. The van der Waals surface area contributed by atoms with Gasteiger partial charge in [0.2, 0.25) is 5.01 Å². The molecule has 3 aromatic rings. The average Bonchev–Trinajstić information content (AvgIpc) is 3.10. The highest BCUT2D eigenvalue weighted by Gasteiger charge is 2.15. The zero-order valence-corrected chi connectivity index (χ0v) is 15.2. The number of thiazole rings is 1. The van der Waals surface area contributed by atoms with Crippen LogP contribution in [0.3, 0.4) is 0 Å². The van der Waals surface area contributed by atoms with E-state index in [1.54, 1.807) is 30.5 Å². The highest BCUT2D eigenvalue weighted by atomic mass is 32.2. The van der Waals surface area contributed by atoms with Gasteiger partial charge in [-0.2, -0.15) is 0 Å². The van der Waals surface area contributed by atoms with Crippen molar-refractivity contribution in [1.82, 2.24) is 4.98 Å². The lowest BCUT2D eigenvalue weighted by Crippen LogP contribution is -1.98. The van der Waals surface area contributed by atoms with Crippen LogP contribution < -0.4 is 0 Å². The summed E-state index contributed by atoms with van der Waals surface area (Å²) in [7, 11) is -1.91. The fourth-order valence-corrected chi connectivity index (χ4v) is 3.92. The van der Waals surface area contributed by atoms with Gasteiger partial charge in [0.25, 0.3) is 0 Å². The van der Waals surface area contributed by atoms with Crippen molar-refractivity contribution in [2.24, 2.45) is 0 Å². The number of rotatable bonds is 4. The molecule has 0 unspecified atom stereocenters. The van der Waals surface area contributed by atoms with Crippen LogP contribution in [0.5, 0.6) is 0 Å². The minimum Gasteiger partial charge on any atom is -0.464 e. The summed E-state index contributed by atoms with van der Waals surface area (Å²) in [6, 6.07) is 14.4. The molecule has 25 heavy (non-hydrogen) atoms. The fraction of sp³-hybridized carbons (Fsp3) is 0.111. The van der Waals surface area contributed by atoms with E-state index < -0.39 is 15.8 Å². The Kier molecular flexibility index (Phi) is 4.69. The van der Waals surface area contributed by atoms with Crippen LogP contribution in [0.4, 0.5) is 0 Å². The zero-order chi connectivity index (χ0) is 18.0. The first kappa shape index (κ1) is 17.3. The van der Waals surface area contributed by atoms with Crippen LogP contribution in [0.1, 0.15) is 9.80 Å². The first-order valence-corrected chi connectivity index (χ1v) is 10.0. The predicted octanol–water partition coefficient (Wildman–Crippen LogP) is 3.67. The van der Waals surface area contributed by atoms with Gasteiger partial charge in [-0.25, -0.2) is 18.2 Å². The van der Waals surface area contributed by atoms with Crippen molar-refractivity contribution in [1.29, 1.82) is 0 Å². The van der Waals surface area contributed by atoms with Gasteiger partial charge < -0.3 is 4.74 Å². The van der Waals surface area contributed by atoms with Gasteiger partial charge in [-0.3, -0.25) is 0 Å². The lowest BCUT2D eigenvalue weighted by molar-refractivity contribution is 0.0600. The molecule has 0 N–H and O–H groups in total. The van der Waals surface area contributed by atoms with E-state index in [-0.39, 0.29) is 4.90 Å². The number of benzene rings is 2. The SMILES string of the molecule is COC(=O)c1ncc(-c2ccccc2-c2ccc(S(C)(=O)=O)cc2)s1. The van der Waals surface area contributed by atoms with Crippen LogP contribution in [0.15, 0.2) is 59.6 Å². The number of hydrogen-bond donors (Lipinski definition) is 0. The predicted molar refractivity (Wildman–Crippen MR) is 97.4 cm³/mol. The largest absolute Gasteiger partial charge is 0.464 e. The number of nitrogens with zero attached hydrogens (tertiary/aromatic N) is 1. The minimum atomic E-state index is -3.23. The molecule has 0 spiro atoms. The molecule has 0 aliphatic heterocycles. The van der Waals surface area contributed by atoms with E-state index in [1.807, 2.05) is 24.3 Å². The van der Waals surface area contributed by atoms with E-state index in [1.165, 1.54) is 24.7 Å². The third-order valence-corrected chi connectivity index (χ3v) is 5.79. The van der Waals surface area contributed by atoms with Gasteiger partial charge in [0.15, 0.2) is 9.84 Å². The molecule has 0 saturated heterocycles. The summed E-state index contributed by atoms with van der Waals surface area (Å²) in [4.78, 5) is 16.8. The summed E-state index contributed by atoms with van der Waals surface area (Å²) in [5.41, 5.74) is 2.74. The summed E-state index contributed by atoms with van der Waals surface area (Å²) in [5.74, 6) is -0.466. The molecule has 0 bridgehead atoms. The molecule has 1 aromatic heterocycles. The Labute approximate surface area is 149 Å². The molecule has 0 fully saturated rings. The first-order valence-electron chi connectivity index (χ1n) is 7.34. The van der Waals surface area contributed by atoms with Gasteiger partial charge in [-0.05, 0) is 23.3 Å². The van der Waals surface area contributed by atoms with E-state index in [4.69, 9.17) is 4.74 Å². The van der Waals surface area contributed by atoms with Crippen LogP contribution in [0, 0.1) is 0 Å². The molecule has 1 heterocycles. The Bertz CT molecular complexity index is 1020. The van der Waals surface area contributed by atoms with Crippen LogP contribution in [0.2, 0.25) is 0 Å². The number of sulfone groups is 1. The standard InChI is InChI=1S/C18H15NO4S2/c1-23-18(20)17-19-11-16(24-17)15-6-4-3-5-14(15)12-7-9-13(10-8-12)25(2,21)22/h3-11H,1-2H3. The fourth-order valence-electron chi connectivity index (χ4n) is 2.41. The van der Waals surface area contributed by atoms with E-state index >= 15 is 0 Å². The molecule has 0 atom stereocenters. The minimum absolute atomic E-state index is 0.277. The molecule has 0 amide bonds. The maximum Gasteiger partial charge on any atom is 0.367 e. The van der Waals surface area contributed by atoms with Gasteiger partial charge in [0, 0.05) is 18.0 Å². The Morgan fingerprint density at radius 1 is 1.04 bits per heavy atom. The molecule has 0 saturated carbocycles. The summed E-state index contributed by atoms with van der Waals surface area (Å²) in [6.07, 6.45) is 2.82. The van der Waals surface area contributed by atoms with Gasteiger partial charge in [-0.1, -0.05) is 36.4 Å². The second-order valence-electron chi connectivity index (χ2n) is 5.36. The van der Waals surface area contributed by atoms with Crippen molar-refractivity contribution >= 4 is 27.1 Å². The number of aromatic nitrogens is 1. The molecule has 128 valence electrons. The lowest BCUT2D eigenvalue weighted by atomic mass is 9.99. The third-order valence-electron chi connectivity index (χ3n) is 3.65. The maximum absolute atomic E-state index is 11.6. The Morgan fingerprint density at radius 3 is 2.28 bits per heavy atom. The van der Waals surface area contributed by atoms with Crippen LogP contribution >= 0.6 is 11.3 Å². The number of hydrogen-bond acceptors (Lipinski definition) is 6. The van der Waals surface area contributed by atoms with Gasteiger partial charge in [0.05, 0.1) is 16.9 Å². The summed E-state index contributed by atoms with van der Waals surface area (Å²) < 4.78 is 27.9. The Hall–Kier alpha value is -2.51. The number of ether oxygens (including phenoxy) is 1. The lowest BCUT2D eigenvalue weighted by Gasteiger charge is -2.08. The Balaban J connectivity index is 2.05. The molecule has 7 heteroatoms. The second-order valence-corrected chi connectivity index (χ2v) is 8.41. The van der Waals surface area contributed by atoms with Crippen LogP contribution in [-0.2, 0) is 14.6 Å². The molecule has 0 aliphatic carbocycles. The van der Waals surface area contributed by atoms with E-state index in [9.17, 15) is 13.2 Å². The van der Waals surface area contributed by atoms with Crippen LogP contribution in [0.25, 0.3) is 21.6 Å². The molecule has 0 aliphatic rings. The van der Waals surface area contributed by atoms with Crippen molar-refractivity contribution in [2.45, 2.75) is 4.90 Å². The van der Waals surface area contributed by atoms with Crippen molar-refractivity contribution in [3.63, 3.8) is 0 Å².